The van der Waals surface area contributed by atoms with Crippen molar-refractivity contribution in [2.75, 3.05) is 5.73 Å². The molecule has 3 nitrogen and oxygen atoms in total. The molecule has 8 heteroatoms. The lowest BCUT2D eigenvalue weighted by atomic mass is 10.0. The van der Waals surface area contributed by atoms with Crippen LogP contribution in [0.25, 0.3) is 11.1 Å². The van der Waals surface area contributed by atoms with E-state index in [1.165, 1.54) is 0 Å². The first-order valence-electron chi connectivity index (χ1n) is 4.84. The maximum absolute atomic E-state index is 13.5. The van der Waals surface area contributed by atoms with E-state index in [1.54, 1.807) is 0 Å². The van der Waals surface area contributed by atoms with Gasteiger partial charge >= 0.3 is 0 Å². The first kappa shape index (κ1) is 13.1. The van der Waals surface area contributed by atoms with Gasteiger partial charge in [0.1, 0.15) is 0 Å². The van der Waals surface area contributed by atoms with Crippen molar-refractivity contribution in [1.82, 2.24) is 4.98 Å². The summed E-state index contributed by atoms with van der Waals surface area (Å²) in [4.78, 5) is 13.0. The van der Waals surface area contributed by atoms with Crippen molar-refractivity contribution in [2.24, 2.45) is 0 Å². The fourth-order valence-electron chi connectivity index (χ4n) is 1.50. The Hall–Kier alpha value is -2.38. The molecule has 0 spiro atoms. The van der Waals surface area contributed by atoms with Crippen LogP contribution >= 0.6 is 0 Å². The molecule has 1 aromatic carbocycles. The van der Waals surface area contributed by atoms with E-state index < -0.39 is 51.5 Å². The zero-order valence-corrected chi connectivity index (χ0v) is 9.03. The van der Waals surface area contributed by atoms with Crippen molar-refractivity contribution in [3.8, 4) is 11.1 Å². The monoisotopic (exact) mass is 276 g/mol. The van der Waals surface area contributed by atoms with Crippen LogP contribution < -0.4 is 11.3 Å². The van der Waals surface area contributed by atoms with Crippen LogP contribution in [-0.2, 0) is 0 Å². The summed E-state index contributed by atoms with van der Waals surface area (Å²) in [6.07, 6.45) is 0.803. The van der Waals surface area contributed by atoms with Crippen molar-refractivity contribution in [3.63, 3.8) is 0 Å². The number of H-pyrrole nitrogens is 1. The van der Waals surface area contributed by atoms with E-state index in [-0.39, 0.29) is 0 Å². The molecule has 19 heavy (non-hydrogen) atoms. The Balaban J connectivity index is 2.82. The molecule has 3 N–H and O–H groups in total. The molecule has 0 atom stereocenters. The van der Waals surface area contributed by atoms with Gasteiger partial charge in [0, 0.05) is 11.8 Å². The molecule has 0 fully saturated rings. The highest BCUT2D eigenvalue weighted by atomic mass is 19.2. The molecule has 2 rings (SSSR count). The molecule has 0 saturated heterocycles. The number of halogens is 5. The molecular formula is C11H5F5N2O. The second-order valence-electron chi connectivity index (χ2n) is 3.62. The molecule has 1 heterocycles. The largest absolute Gasteiger partial charge is 0.394 e. The number of nitrogens with one attached hydrogen (secondary N) is 1. The number of anilines is 1. The summed E-state index contributed by atoms with van der Waals surface area (Å²) in [5, 5.41) is 0. The highest BCUT2D eigenvalue weighted by Crippen LogP contribution is 2.31. The molecule has 0 aliphatic rings. The van der Waals surface area contributed by atoms with Crippen molar-refractivity contribution in [2.45, 2.75) is 0 Å². The van der Waals surface area contributed by atoms with Crippen LogP contribution in [-0.4, -0.2) is 4.98 Å². The number of benzene rings is 1. The lowest BCUT2D eigenvalue weighted by Crippen LogP contribution is -2.12. The lowest BCUT2D eigenvalue weighted by Gasteiger charge is -2.08. The van der Waals surface area contributed by atoms with E-state index in [1.807, 2.05) is 4.98 Å². The zero-order valence-electron chi connectivity index (χ0n) is 9.03. The third kappa shape index (κ3) is 1.94. The number of hydrogen-bond acceptors (Lipinski definition) is 2. The number of nitrogens with two attached hydrogens (primary N) is 1. The lowest BCUT2D eigenvalue weighted by molar-refractivity contribution is 0.381. The predicted molar refractivity (Wildman–Crippen MR) is 56.7 cm³/mol. The smallest absolute Gasteiger partial charge is 0.271 e. The van der Waals surface area contributed by atoms with Gasteiger partial charge in [0.05, 0.1) is 11.3 Å². The SMILES string of the molecule is Nc1cc(-c2c(F)c(F)c(F)c(F)c2F)c[nH]c1=O. The minimum atomic E-state index is -2.25. The molecule has 0 amide bonds. The summed E-state index contributed by atoms with van der Waals surface area (Å²) >= 11 is 0. The summed E-state index contributed by atoms with van der Waals surface area (Å²) in [5.41, 5.74) is 2.48. The Morgan fingerprint density at radius 2 is 1.37 bits per heavy atom. The minimum Gasteiger partial charge on any atom is -0.394 e. The summed E-state index contributed by atoms with van der Waals surface area (Å²) in [6.45, 7) is 0. The van der Waals surface area contributed by atoms with Crippen molar-refractivity contribution in [3.05, 3.63) is 51.7 Å². The molecule has 0 bridgehead atoms. The Labute approximate surface area is 102 Å². The minimum absolute atomic E-state index is 0.415. The molecule has 1 aromatic heterocycles. The quantitative estimate of drug-likeness (QED) is 0.477. The van der Waals surface area contributed by atoms with Gasteiger partial charge in [-0.05, 0) is 6.07 Å². The van der Waals surface area contributed by atoms with Crippen molar-refractivity contribution < 1.29 is 22.0 Å². The predicted octanol–water partition coefficient (Wildman–Crippen LogP) is 2.32. The van der Waals surface area contributed by atoms with E-state index in [9.17, 15) is 26.7 Å². The first-order chi connectivity index (χ1) is 8.84. The van der Waals surface area contributed by atoms with Crippen molar-refractivity contribution >= 4 is 5.69 Å². The average Bonchev–Trinajstić information content (AvgIpc) is 2.38. The number of pyridine rings is 1. The second kappa shape index (κ2) is 4.38. The van der Waals surface area contributed by atoms with Gasteiger partial charge in [0.2, 0.25) is 5.82 Å². The van der Waals surface area contributed by atoms with Crippen LogP contribution in [0.1, 0.15) is 0 Å². The van der Waals surface area contributed by atoms with Crippen LogP contribution in [0, 0.1) is 29.1 Å². The maximum Gasteiger partial charge on any atom is 0.271 e. The first-order valence-corrected chi connectivity index (χ1v) is 4.84. The molecule has 100 valence electrons. The molecular weight excluding hydrogens is 271 g/mol. The highest BCUT2D eigenvalue weighted by Gasteiger charge is 2.26. The molecule has 0 radical (unpaired) electrons. The van der Waals surface area contributed by atoms with Gasteiger partial charge in [0.15, 0.2) is 23.3 Å². The van der Waals surface area contributed by atoms with E-state index in [2.05, 4.69) is 0 Å². The average molecular weight is 276 g/mol. The standard InChI is InChI=1S/C11H5F5N2O/c12-6-5(3-1-4(17)11(19)18-2-3)7(13)9(15)10(16)8(6)14/h1-2H,17H2,(H,18,19). The molecule has 0 unspecified atom stereocenters. The molecule has 0 aliphatic heterocycles. The molecule has 2 aromatic rings. The Bertz CT molecular complexity index is 697. The third-order valence-corrected chi connectivity index (χ3v) is 2.43. The maximum atomic E-state index is 13.5. The topological polar surface area (TPSA) is 58.9 Å². The zero-order chi connectivity index (χ0) is 14.3. The van der Waals surface area contributed by atoms with E-state index in [4.69, 9.17) is 5.73 Å². The van der Waals surface area contributed by atoms with Gasteiger partial charge in [0.25, 0.3) is 5.56 Å². The van der Waals surface area contributed by atoms with Gasteiger partial charge in [-0.15, -0.1) is 0 Å². The van der Waals surface area contributed by atoms with Crippen LogP contribution in [0.3, 0.4) is 0 Å². The number of nitrogen functional groups attached to an aromatic ring is 1. The number of aromatic nitrogens is 1. The van der Waals surface area contributed by atoms with Gasteiger partial charge in [-0.2, -0.15) is 0 Å². The Morgan fingerprint density at radius 3 is 1.84 bits per heavy atom. The Morgan fingerprint density at radius 1 is 0.895 bits per heavy atom. The normalized spacial score (nSPS) is 10.8. The van der Waals surface area contributed by atoms with Gasteiger partial charge in [-0.3, -0.25) is 4.79 Å². The fraction of sp³-hybridized carbons (Fsp3) is 0. The van der Waals surface area contributed by atoms with Crippen molar-refractivity contribution in [1.29, 1.82) is 0 Å². The second-order valence-corrected chi connectivity index (χ2v) is 3.62. The Kier molecular flexibility index (Phi) is 3.01. The van der Waals surface area contributed by atoms with E-state index >= 15 is 0 Å². The summed E-state index contributed by atoms with van der Waals surface area (Å²) in [5.74, 6) is -10.4. The van der Waals surface area contributed by atoms with Gasteiger partial charge in [-0.1, -0.05) is 0 Å². The summed E-state index contributed by atoms with van der Waals surface area (Å²) in [7, 11) is 0. The molecule has 0 saturated carbocycles. The summed E-state index contributed by atoms with van der Waals surface area (Å²) in [6, 6.07) is 0.817. The number of rotatable bonds is 1. The highest BCUT2D eigenvalue weighted by molar-refractivity contribution is 5.67. The van der Waals surface area contributed by atoms with Crippen LogP contribution in [0.2, 0.25) is 0 Å². The fourth-order valence-corrected chi connectivity index (χ4v) is 1.50. The van der Waals surface area contributed by atoms with Gasteiger partial charge < -0.3 is 10.7 Å². The summed E-state index contributed by atoms with van der Waals surface area (Å²) < 4.78 is 65.8. The number of hydrogen-bond donors (Lipinski definition) is 2. The third-order valence-electron chi connectivity index (χ3n) is 2.43. The molecule has 0 aliphatic carbocycles. The number of aromatic amines is 1. The van der Waals surface area contributed by atoms with E-state index in [0.717, 1.165) is 12.3 Å². The van der Waals surface area contributed by atoms with Crippen LogP contribution in [0.15, 0.2) is 17.1 Å². The van der Waals surface area contributed by atoms with Crippen LogP contribution in [0.5, 0.6) is 0 Å². The van der Waals surface area contributed by atoms with E-state index in [0.29, 0.717) is 0 Å². The van der Waals surface area contributed by atoms with Gasteiger partial charge in [-0.25, -0.2) is 22.0 Å². The van der Waals surface area contributed by atoms with Crippen LogP contribution in [0.4, 0.5) is 27.6 Å².